The zero-order chi connectivity index (χ0) is 12.3. The molecule has 0 heterocycles. The highest BCUT2D eigenvalue weighted by Crippen LogP contribution is 2.47. The van der Waals surface area contributed by atoms with Gasteiger partial charge in [-0.25, -0.2) is 0 Å². The summed E-state index contributed by atoms with van der Waals surface area (Å²) in [5.41, 5.74) is 1.34. The molecule has 0 saturated heterocycles. The van der Waals surface area contributed by atoms with Crippen LogP contribution in [0.1, 0.15) is 47.0 Å². The fourth-order valence-corrected chi connectivity index (χ4v) is 2.25. The average Bonchev–Trinajstić information content (AvgIpc) is 2.44. The normalized spacial score (nSPS) is 29.8. The average molecular weight is 224 g/mol. The van der Waals surface area contributed by atoms with E-state index in [0.29, 0.717) is 24.9 Å². The minimum absolute atomic E-state index is 0.0576. The highest BCUT2D eigenvalue weighted by molar-refractivity contribution is 5.70. The molecule has 0 aromatic carbocycles. The maximum Gasteiger partial charge on any atom is 0.306 e. The Balaban J connectivity index is 2.47. The molecule has 1 aliphatic rings. The molecule has 16 heavy (non-hydrogen) atoms. The zero-order valence-electron chi connectivity index (χ0n) is 11.0. The third-order valence-corrected chi connectivity index (χ3v) is 3.80. The van der Waals surface area contributed by atoms with Gasteiger partial charge < -0.3 is 4.74 Å². The lowest BCUT2D eigenvalue weighted by atomic mass is 9.77. The van der Waals surface area contributed by atoms with Crippen molar-refractivity contribution in [1.82, 2.24) is 0 Å². The summed E-state index contributed by atoms with van der Waals surface area (Å²) in [6.45, 7) is 13.0. The van der Waals surface area contributed by atoms with E-state index in [4.69, 9.17) is 4.74 Å². The molecule has 1 saturated carbocycles. The van der Waals surface area contributed by atoms with Crippen molar-refractivity contribution < 1.29 is 9.53 Å². The van der Waals surface area contributed by atoms with E-state index in [0.717, 1.165) is 12.8 Å². The smallest absolute Gasteiger partial charge is 0.306 e. The molecule has 0 aromatic heterocycles. The third kappa shape index (κ3) is 3.10. The van der Waals surface area contributed by atoms with Crippen LogP contribution in [0, 0.1) is 17.3 Å². The number of rotatable bonds is 4. The van der Waals surface area contributed by atoms with Crippen molar-refractivity contribution >= 4 is 5.97 Å². The number of hydrogen-bond acceptors (Lipinski definition) is 2. The number of hydrogen-bond donors (Lipinski definition) is 0. The van der Waals surface area contributed by atoms with E-state index >= 15 is 0 Å². The van der Waals surface area contributed by atoms with E-state index in [-0.39, 0.29) is 11.4 Å². The second-order valence-electron chi connectivity index (χ2n) is 5.79. The molecule has 2 nitrogen and oxygen atoms in total. The number of esters is 1. The number of allylic oxidation sites excluding steroid dienone is 1. The van der Waals surface area contributed by atoms with Crippen LogP contribution in [0.25, 0.3) is 0 Å². The minimum Gasteiger partial charge on any atom is -0.465 e. The first-order valence-corrected chi connectivity index (χ1v) is 6.18. The van der Waals surface area contributed by atoms with Crippen LogP contribution in [0.4, 0.5) is 0 Å². The molecule has 1 aliphatic carbocycles. The summed E-state index contributed by atoms with van der Waals surface area (Å²) in [4.78, 5) is 11.7. The number of carbonyl (C=O) groups is 1. The van der Waals surface area contributed by atoms with Crippen molar-refractivity contribution in [1.29, 1.82) is 0 Å². The highest BCUT2D eigenvalue weighted by Gasteiger charge is 2.40. The monoisotopic (exact) mass is 224 g/mol. The molecular formula is C14H24O2. The Morgan fingerprint density at radius 2 is 2.25 bits per heavy atom. The first-order valence-electron chi connectivity index (χ1n) is 6.18. The molecule has 0 N–H and O–H groups in total. The van der Waals surface area contributed by atoms with E-state index in [1.54, 1.807) is 0 Å². The van der Waals surface area contributed by atoms with Gasteiger partial charge in [0.15, 0.2) is 0 Å². The molecule has 1 rings (SSSR count). The van der Waals surface area contributed by atoms with Gasteiger partial charge in [0, 0.05) is 0 Å². The SMILES string of the molecule is C=C1CCC(C)(CC(=O)OCC(C)C)C1C. The Hall–Kier alpha value is -0.790. The Bertz CT molecular complexity index is 280. The van der Waals surface area contributed by atoms with Crippen LogP contribution in [0.2, 0.25) is 0 Å². The zero-order valence-corrected chi connectivity index (χ0v) is 11.0. The maximum absolute atomic E-state index is 11.7. The van der Waals surface area contributed by atoms with E-state index in [1.807, 2.05) is 0 Å². The topological polar surface area (TPSA) is 26.3 Å². The van der Waals surface area contributed by atoms with Crippen LogP contribution in [-0.4, -0.2) is 12.6 Å². The second-order valence-corrected chi connectivity index (χ2v) is 5.79. The molecule has 0 aromatic rings. The summed E-state index contributed by atoms with van der Waals surface area (Å²) in [5, 5.41) is 0. The standard InChI is InChI=1S/C14H24O2/c1-10(2)9-16-13(15)8-14(5)7-6-11(3)12(14)4/h10,12H,3,6-9H2,1-2,4-5H3. The quantitative estimate of drug-likeness (QED) is 0.539. The van der Waals surface area contributed by atoms with Gasteiger partial charge in [-0.2, -0.15) is 0 Å². The van der Waals surface area contributed by atoms with Crippen molar-refractivity contribution in [2.75, 3.05) is 6.61 Å². The van der Waals surface area contributed by atoms with Crippen LogP contribution in [0.3, 0.4) is 0 Å². The molecule has 2 unspecified atom stereocenters. The molecule has 0 bridgehead atoms. The van der Waals surface area contributed by atoms with Gasteiger partial charge in [0.2, 0.25) is 0 Å². The third-order valence-electron chi connectivity index (χ3n) is 3.80. The van der Waals surface area contributed by atoms with Crippen molar-refractivity contribution in [3.63, 3.8) is 0 Å². The molecule has 0 aliphatic heterocycles. The van der Waals surface area contributed by atoms with Crippen LogP contribution >= 0.6 is 0 Å². The lowest BCUT2D eigenvalue weighted by molar-refractivity contribution is -0.147. The van der Waals surface area contributed by atoms with Gasteiger partial charge in [-0.05, 0) is 30.1 Å². The van der Waals surface area contributed by atoms with Gasteiger partial charge >= 0.3 is 5.97 Å². The van der Waals surface area contributed by atoms with Crippen LogP contribution in [-0.2, 0) is 9.53 Å². The highest BCUT2D eigenvalue weighted by atomic mass is 16.5. The summed E-state index contributed by atoms with van der Waals surface area (Å²) < 4.78 is 5.25. The number of carbonyl (C=O) groups excluding carboxylic acids is 1. The summed E-state index contributed by atoms with van der Waals surface area (Å²) in [6.07, 6.45) is 2.64. The van der Waals surface area contributed by atoms with Crippen LogP contribution < -0.4 is 0 Å². The molecule has 0 amide bonds. The van der Waals surface area contributed by atoms with Crippen LogP contribution in [0.5, 0.6) is 0 Å². The molecular weight excluding hydrogens is 200 g/mol. The van der Waals surface area contributed by atoms with Gasteiger partial charge in [0.05, 0.1) is 13.0 Å². The Kier molecular flexibility index (Phi) is 4.17. The second kappa shape index (κ2) is 5.03. The van der Waals surface area contributed by atoms with Crippen molar-refractivity contribution in [2.45, 2.75) is 47.0 Å². The fourth-order valence-electron chi connectivity index (χ4n) is 2.25. The van der Waals surface area contributed by atoms with Crippen molar-refractivity contribution in [2.24, 2.45) is 17.3 Å². The molecule has 0 spiro atoms. The predicted octanol–water partition coefficient (Wildman–Crippen LogP) is 3.57. The molecule has 2 heteroatoms. The Morgan fingerprint density at radius 1 is 1.62 bits per heavy atom. The Labute approximate surface area is 99.1 Å². The van der Waals surface area contributed by atoms with Gasteiger partial charge in [0.1, 0.15) is 0 Å². The first kappa shape index (κ1) is 13.3. The molecule has 2 atom stereocenters. The number of ether oxygens (including phenoxy) is 1. The molecule has 1 fully saturated rings. The van der Waals surface area contributed by atoms with Gasteiger partial charge in [-0.1, -0.05) is 39.8 Å². The summed E-state index contributed by atoms with van der Waals surface area (Å²) in [5.74, 6) is 0.782. The van der Waals surface area contributed by atoms with Gasteiger partial charge in [-0.15, -0.1) is 0 Å². The van der Waals surface area contributed by atoms with Crippen molar-refractivity contribution in [3.8, 4) is 0 Å². The van der Waals surface area contributed by atoms with E-state index < -0.39 is 0 Å². The lowest BCUT2D eigenvalue weighted by Gasteiger charge is -2.28. The van der Waals surface area contributed by atoms with Gasteiger partial charge in [-0.3, -0.25) is 4.79 Å². The Morgan fingerprint density at radius 3 is 2.69 bits per heavy atom. The van der Waals surface area contributed by atoms with Crippen LogP contribution in [0.15, 0.2) is 12.2 Å². The molecule has 0 radical (unpaired) electrons. The lowest BCUT2D eigenvalue weighted by Crippen LogP contribution is -2.25. The largest absolute Gasteiger partial charge is 0.465 e. The summed E-state index contributed by atoms with van der Waals surface area (Å²) in [6, 6.07) is 0. The fraction of sp³-hybridized carbons (Fsp3) is 0.786. The predicted molar refractivity (Wildman–Crippen MR) is 66.1 cm³/mol. The first-order chi connectivity index (χ1) is 7.35. The van der Waals surface area contributed by atoms with E-state index in [2.05, 4.69) is 34.3 Å². The van der Waals surface area contributed by atoms with E-state index in [1.165, 1.54) is 5.57 Å². The summed E-state index contributed by atoms with van der Waals surface area (Å²) in [7, 11) is 0. The van der Waals surface area contributed by atoms with E-state index in [9.17, 15) is 4.79 Å². The summed E-state index contributed by atoms with van der Waals surface area (Å²) >= 11 is 0. The molecule has 92 valence electrons. The van der Waals surface area contributed by atoms with Gasteiger partial charge in [0.25, 0.3) is 0 Å². The minimum atomic E-state index is -0.0576. The van der Waals surface area contributed by atoms with Crippen molar-refractivity contribution in [3.05, 3.63) is 12.2 Å². The maximum atomic E-state index is 11.7.